The molecule has 0 bridgehead atoms. The van der Waals surface area contributed by atoms with E-state index in [-0.39, 0.29) is 49.0 Å². The van der Waals surface area contributed by atoms with Crippen LogP contribution >= 0.6 is 0 Å². The summed E-state index contributed by atoms with van der Waals surface area (Å²) in [5.74, 6) is -1.83. The van der Waals surface area contributed by atoms with Crippen LogP contribution in [-0.4, -0.2) is 80.2 Å². The maximum Gasteiger partial charge on any atom is 0.334 e. The topological polar surface area (TPSA) is 132 Å². The number of hydrogen-bond acceptors (Lipinski definition) is 9. The molecule has 9 nitrogen and oxygen atoms in total. The average Bonchev–Trinajstić information content (AvgIpc) is 3.51. The van der Waals surface area contributed by atoms with Gasteiger partial charge in [-0.25, -0.2) is 4.79 Å². The first kappa shape index (κ1) is 24.3. The molecule has 0 aromatic rings. The molecule has 7 aliphatic rings. The van der Waals surface area contributed by atoms with Crippen molar-refractivity contribution in [3.05, 3.63) is 23.3 Å². The largest absolute Gasteiger partial charge is 0.456 e. The van der Waals surface area contributed by atoms with E-state index >= 15 is 0 Å². The summed E-state index contributed by atoms with van der Waals surface area (Å²) in [5.41, 5.74) is -3.04. The molecule has 202 valence electrons. The first-order chi connectivity index (χ1) is 17.3. The molecular formula is C28H36O9. The van der Waals surface area contributed by atoms with Crippen LogP contribution in [0.5, 0.6) is 0 Å². The number of aliphatic hydroxyl groups excluding tert-OH is 2. The minimum Gasteiger partial charge on any atom is -0.456 e. The van der Waals surface area contributed by atoms with Crippen molar-refractivity contribution in [2.45, 2.75) is 113 Å². The summed E-state index contributed by atoms with van der Waals surface area (Å²) in [6, 6.07) is 0. The maximum absolute atomic E-state index is 12.4. The molecule has 0 aromatic carbocycles. The van der Waals surface area contributed by atoms with Gasteiger partial charge in [0.25, 0.3) is 0 Å². The van der Waals surface area contributed by atoms with Gasteiger partial charge in [0.05, 0.1) is 29.8 Å². The third kappa shape index (κ3) is 2.87. The normalized spacial score (nSPS) is 55.3. The molecule has 9 heteroatoms. The lowest BCUT2D eigenvalue weighted by Gasteiger charge is -2.53. The Labute approximate surface area is 215 Å². The van der Waals surface area contributed by atoms with Gasteiger partial charge in [-0.1, -0.05) is 13.0 Å². The Morgan fingerprint density at radius 2 is 1.89 bits per heavy atom. The van der Waals surface area contributed by atoms with Crippen molar-refractivity contribution in [3.63, 3.8) is 0 Å². The van der Waals surface area contributed by atoms with Crippen LogP contribution in [0.25, 0.3) is 0 Å². The zero-order chi connectivity index (χ0) is 26.3. The average molecular weight is 517 g/mol. The SMILES string of the molecule is CC1=CC([C@H]2O[C@]34C(=CC[C@@H]3[C@@H]2C)[C@@H]2[C@H](O)C[C@H]3C(C)(C)O[C@@H]5CC(=O)O[C@@]53C[C@@]2(O)C[C@@H]4O)OC1=O. The first-order valence-electron chi connectivity index (χ1n) is 13.6. The van der Waals surface area contributed by atoms with E-state index in [1.54, 1.807) is 13.0 Å². The highest BCUT2D eigenvalue weighted by Crippen LogP contribution is 2.66. The Morgan fingerprint density at radius 1 is 1.14 bits per heavy atom. The molecule has 4 heterocycles. The van der Waals surface area contributed by atoms with Crippen molar-refractivity contribution in [2.75, 3.05) is 0 Å². The molecule has 7 rings (SSSR count). The number of rotatable bonds is 1. The van der Waals surface area contributed by atoms with E-state index in [9.17, 15) is 24.9 Å². The van der Waals surface area contributed by atoms with Crippen molar-refractivity contribution >= 4 is 11.9 Å². The van der Waals surface area contributed by atoms with E-state index in [0.717, 1.165) is 5.57 Å². The molecule has 4 aliphatic heterocycles. The van der Waals surface area contributed by atoms with Crippen molar-refractivity contribution in [2.24, 2.45) is 23.7 Å². The van der Waals surface area contributed by atoms with Crippen LogP contribution in [0.2, 0.25) is 0 Å². The lowest BCUT2D eigenvalue weighted by molar-refractivity contribution is -0.203. The van der Waals surface area contributed by atoms with Crippen LogP contribution in [0.15, 0.2) is 23.3 Å². The van der Waals surface area contributed by atoms with E-state index in [0.29, 0.717) is 18.4 Å². The van der Waals surface area contributed by atoms with Crippen LogP contribution in [-0.2, 0) is 28.5 Å². The number of hydrogen-bond donors (Lipinski definition) is 3. The highest BCUT2D eigenvalue weighted by molar-refractivity contribution is 5.90. The van der Waals surface area contributed by atoms with Crippen molar-refractivity contribution in [1.82, 2.24) is 0 Å². The van der Waals surface area contributed by atoms with Gasteiger partial charge in [0.15, 0.2) is 0 Å². The van der Waals surface area contributed by atoms with Gasteiger partial charge >= 0.3 is 11.9 Å². The molecule has 2 saturated carbocycles. The van der Waals surface area contributed by atoms with Crippen LogP contribution in [0, 0.1) is 23.7 Å². The van der Waals surface area contributed by atoms with Gasteiger partial charge < -0.3 is 34.3 Å². The van der Waals surface area contributed by atoms with Crippen molar-refractivity contribution < 1.29 is 43.9 Å². The third-order valence-corrected chi connectivity index (χ3v) is 10.9. The van der Waals surface area contributed by atoms with Gasteiger partial charge in [0.1, 0.15) is 29.5 Å². The summed E-state index contributed by atoms with van der Waals surface area (Å²) >= 11 is 0. The minimum absolute atomic E-state index is 0.0251. The smallest absolute Gasteiger partial charge is 0.334 e. The maximum atomic E-state index is 12.4. The molecule has 5 fully saturated rings. The van der Waals surface area contributed by atoms with Crippen molar-refractivity contribution in [1.29, 1.82) is 0 Å². The molecule has 1 unspecified atom stereocenters. The van der Waals surface area contributed by atoms with Gasteiger partial charge in [-0.3, -0.25) is 4.79 Å². The van der Waals surface area contributed by atoms with Gasteiger partial charge in [-0.05, 0) is 51.2 Å². The fourth-order valence-corrected chi connectivity index (χ4v) is 9.49. The number of carbonyl (C=O) groups is 2. The Kier molecular flexibility index (Phi) is 4.75. The molecule has 0 amide bonds. The molecule has 3 aliphatic carbocycles. The molecule has 2 spiro atoms. The molecule has 3 N–H and O–H groups in total. The second kappa shape index (κ2) is 7.24. The van der Waals surface area contributed by atoms with E-state index in [2.05, 4.69) is 6.92 Å². The zero-order valence-corrected chi connectivity index (χ0v) is 21.7. The predicted molar refractivity (Wildman–Crippen MR) is 127 cm³/mol. The Bertz CT molecular complexity index is 1140. The summed E-state index contributed by atoms with van der Waals surface area (Å²) < 4.78 is 24.6. The quantitative estimate of drug-likeness (QED) is 0.349. The number of allylic oxidation sites excluding steroid dienone is 1. The summed E-state index contributed by atoms with van der Waals surface area (Å²) in [6.07, 6.45) is 1.43. The predicted octanol–water partition coefficient (Wildman–Crippen LogP) is 1.32. The van der Waals surface area contributed by atoms with Gasteiger partial charge in [0, 0.05) is 36.2 Å². The highest BCUT2D eigenvalue weighted by Gasteiger charge is 2.75. The van der Waals surface area contributed by atoms with Gasteiger partial charge in [-0.15, -0.1) is 0 Å². The van der Waals surface area contributed by atoms with E-state index in [4.69, 9.17) is 18.9 Å². The second-order valence-corrected chi connectivity index (χ2v) is 13.1. The van der Waals surface area contributed by atoms with Gasteiger partial charge in [-0.2, -0.15) is 0 Å². The van der Waals surface area contributed by atoms with E-state index in [1.165, 1.54) is 0 Å². The van der Waals surface area contributed by atoms with Crippen LogP contribution in [0.4, 0.5) is 0 Å². The third-order valence-electron chi connectivity index (χ3n) is 10.9. The molecular weight excluding hydrogens is 480 g/mol. The number of carbonyl (C=O) groups excluding carboxylic acids is 2. The molecule has 0 radical (unpaired) electrons. The van der Waals surface area contributed by atoms with Crippen molar-refractivity contribution in [3.8, 4) is 0 Å². The number of esters is 2. The molecule has 0 aromatic heterocycles. The molecule has 12 atom stereocenters. The number of ether oxygens (including phenoxy) is 4. The van der Waals surface area contributed by atoms with E-state index < -0.39 is 58.8 Å². The lowest BCUT2D eigenvalue weighted by Crippen LogP contribution is -2.64. The summed E-state index contributed by atoms with van der Waals surface area (Å²) in [7, 11) is 0. The second-order valence-electron chi connectivity index (χ2n) is 13.1. The molecule has 3 saturated heterocycles. The Hall–Kier alpha value is -1.78. The number of aliphatic hydroxyl groups is 3. The fraction of sp³-hybridized carbons (Fsp3) is 0.786. The number of fused-ring (bicyclic) bond motifs is 2. The zero-order valence-electron chi connectivity index (χ0n) is 21.7. The summed E-state index contributed by atoms with van der Waals surface area (Å²) in [4.78, 5) is 24.5. The molecule has 37 heavy (non-hydrogen) atoms. The first-order valence-corrected chi connectivity index (χ1v) is 13.6. The van der Waals surface area contributed by atoms with Crippen LogP contribution < -0.4 is 0 Å². The standard InChI is InChI=1S/C28H36O9/c1-12-7-17(34-24(12)32)23-13(2)14-5-6-15-22-16(29)8-18-25(3,4)35-20-9-21(31)36-27(18,20)11-26(22,33)10-19(30)28(14,15)37-23/h6-7,13-14,16-20,22-23,29-30,33H,5,8-11H2,1-4H3/t13-,14+,16+,17?,18-,19-,20+,22+,23-,26-,27+,28-/m0/s1. The minimum atomic E-state index is -1.52. The Morgan fingerprint density at radius 3 is 2.59 bits per heavy atom. The monoisotopic (exact) mass is 516 g/mol. The van der Waals surface area contributed by atoms with Gasteiger partial charge in [0.2, 0.25) is 0 Å². The highest BCUT2D eigenvalue weighted by atomic mass is 16.6. The number of cyclic esters (lactones) is 1. The fourth-order valence-electron chi connectivity index (χ4n) is 9.49. The lowest BCUT2D eigenvalue weighted by atomic mass is 9.59. The Balaban J connectivity index is 1.28. The summed E-state index contributed by atoms with van der Waals surface area (Å²) in [5, 5.41) is 35.8. The van der Waals surface area contributed by atoms with Crippen LogP contribution in [0.1, 0.15) is 59.8 Å². The van der Waals surface area contributed by atoms with E-state index in [1.807, 2.05) is 19.9 Å². The van der Waals surface area contributed by atoms with Crippen LogP contribution in [0.3, 0.4) is 0 Å². The summed E-state index contributed by atoms with van der Waals surface area (Å²) in [6.45, 7) is 7.67.